The molecule has 0 saturated carbocycles. The maximum atomic E-state index is 12.8. The fourth-order valence-electron chi connectivity index (χ4n) is 3.02. The normalized spacial score (nSPS) is 15.9. The van der Waals surface area contributed by atoms with Crippen molar-refractivity contribution in [1.29, 1.82) is 0 Å². The van der Waals surface area contributed by atoms with Crippen molar-refractivity contribution >= 4 is 26.8 Å². The Morgan fingerprint density at radius 2 is 2.04 bits per heavy atom. The lowest BCUT2D eigenvalue weighted by atomic mass is 10.1. The highest BCUT2D eigenvalue weighted by molar-refractivity contribution is 7.89. The van der Waals surface area contributed by atoms with Crippen molar-refractivity contribution in [2.24, 2.45) is 0 Å². The molecule has 2 N–H and O–H groups in total. The number of benzene rings is 1. The van der Waals surface area contributed by atoms with Crippen molar-refractivity contribution < 1.29 is 17.9 Å². The summed E-state index contributed by atoms with van der Waals surface area (Å²) in [7, 11) is -2.44. The van der Waals surface area contributed by atoms with Crippen molar-refractivity contribution in [3.63, 3.8) is 0 Å². The molecule has 1 aromatic carbocycles. The number of rotatable bonds is 6. The lowest BCUT2D eigenvalue weighted by Gasteiger charge is -2.27. The van der Waals surface area contributed by atoms with E-state index in [9.17, 15) is 13.2 Å². The Balaban J connectivity index is 1.83. The van der Waals surface area contributed by atoms with E-state index < -0.39 is 16.0 Å². The molecule has 1 saturated heterocycles. The Kier molecular flexibility index (Phi) is 5.82. The summed E-state index contributed by atoms with van der Waals surface area (Å²) in [5, 5.41) is 4.15. The Bertz CT molecular complexity index is 895. The summed E-state index contributed by atoms with van der Waals surface area (Å²) < 4.78 is 32.9. The zero-order valence-electron chi connectivity index (χ0n) is 14.6. The van der Waals surface area contributed by atoms with E-state index in [2.05, 4.69) is 19.9 Å². The molecule has 1 aliphatic heterocycles. The molecule has 8 nitrogen and oxygen atoms in total. The lowest BCUT2D eigenvalue weighted by Crippen LogP contribution is -2.46. The number of pyridine rings is 1. The second kappa shape index (κ2) is 8.09. The summed E-state index contributed by atoms with van der Waals surface area (Å²) in [4.78, 5) is 18.2. The number of piperazine rings is 1. The lowest BCUT2D eigenvalue weighted by molar-refractivity contribution is 0.0596. The van der Waals surface area contributed by atoms with Crippen molar-refractivity contribution in [3.8, 4) is 0 Å². The topological polar surface area (TPSA) is 101 Å². The molecule has 2 heterocycles. The Morgan fingerprint density at radius 1 is 1.27 bits per heavy atom. The number of carbonyl (C=O) groups excluding carboxylic acids is 1. The molecule has 0 atom stereocenters. The van der Waals surface area contributed by atoms with Crippen molar-refractivity contribution in [2.75, 3.05) is 46.4 Å². The number of hydrogen-bond donors (Lipinski definition) is 2. The molecule has 140 valence electrons. The van der Waals surface area contributed by atoms with Crippen LogP contribution in [0.4, 0.5) is 0 Å². The first-order chi connectivity index (χ1) is 12.5. The van der Waals surface area contributed by atoms with Crippen LogP contribution in [0.5, 0.6) is 0 Å². The van der Waals surface area contributed by atoms with Crippen molar-refractivity contribution in [2.45, 2.75) is 4.90 Å². The highest BCUT2D eigenvalue weighted by Crippen LogP contribution is 2.24. The number of nitrogens with one attached hydrogen (secondary N) is 2. The second-order valence-corrected chi connectivity index (χ2v) is 7.73. The first kappa shape index (κ1) is 18.7. The van der Waals surface area contributed by atoms with Crippen LogP contribution in [0.2, 0.25) is 0 Å². The predicted molar refractivity (Wildman–Crippen MR) is 97.6 cm³/mol. The zero-order valence-corrected chi connectivity index (χ0v) is 15.4. The molecule has 0 spiro atoms. The van der Waals surface area contributed by atoms with E-state index in [-0.39, 0.29) is 10.6 Å². The summed E-state index contributed by atoms with van der Waals surface area (Å²) in [6, 6.07) is 6.37. The van der Waals surface area contributed by atoms with Crippen LogP contribution >= 0.6 is 0 Å². The van der Waals surface area contributed by atoms with Crippen LogP contribution in [-0.2, 0) is 14.8 Å². The molecular formula is C17H22N4O4S. The third-order valence-electron chi connectivity index (χ3n) is 4.36. The molecule has 3 rings (SSSR count). The van der Waals surface area contributed by atoms with Crippen LogP contribution in [0.15, 0.2) is 35.4 Å². The molecule has 0 aliphatic carbocycles. The van der Waals surface area contributed by atoms with E-state index in [1.54, 1.807) is 18.2 Å². The van der Waals surface area contributed by atoms with E-state index in [0.29, 0.717) is 23.9 Å². The second-order valence-electron chi connectivity index (χ2n) is 5.99. The minimum Gasteiger partial charge on any atom is -0.464 e. The van der Waals surface area contributed by atoms with Gasteiger partial charge in [-0.05, 0) is 12.1 Å². The number of esters is 1. The SMILES string of the molecule is COC(=O)c1nccc2c(S(=O)(=O)NCCN3CCNCC3)cccc12. The van der Waals surface area contributed by atoms with Crippen LogP contribution in [0, 0.1) is 0 Å². The fraction of sp³-hybridized carbons (Fsp3) is 0.412. The highest BCUT2D eigenvalue weighted by Gasteiger charge is 2.20. The average Bonchev–Trinajstić information content (AvgIpc) is 2.67. The van der Waals surface area contributed by atoms with Gasteiger partial charge in [-0.1, -0.05) is 12.1 Å². The maximum Gasteiger partial charge on any atom is 0.357 e. The minimum absolute atomic E-state index is 0.0999. The average molecular weight is 378 g/mol. The predicted octanol–water partition coefficient (Wildman–Crippen LogP) is 0.205. The molecule has 1 aliphatic rings. The fourth-order valence-corrected chi connectivity index (χ4v) is 4.26. The Hall–Kier alpha value is -2.07. The number of methoxy groups -OCH3 is 1. The maximum absolute atomic E-state index is 12.8. The summed E-state index contributed by atoms with van der Waals surface area (Å²) >= 11 is 0. The minimum atomic E-state index is -3.71. The van der Waals surface area contributed by atoms with E-state index in [0.717, 1.165) is 26.2 Å². The highest BCUT2D eigenvalue weighted by atomic mass is 32.2. The molecule has 0 amide bonds. The van der Waals surface area contributed by atoms with E-state index >= 15 is 0 Å². The number of nitrogens with zero attached hydrogens (tertiary/aromatic N) is 2. The molecular weight excluding hydrogens is 356 g/mol. The van der Waals surface area contributed by atoms with Crippen LogP contribution in [0.1, 0.15) is 10.5 Å². The molecule has 1 aromatic heterocycles. The monoisotopic (exact) mass is 378 g/mol. The summed E-state index contributed by atoms with van der Waals surface area (Å²) in [5.74, 6) is -0.600. The number of ether oxygens (including phenoxy) is 1. The van der Waals surface area contributed by atoms with Gasteiger partial charge in [-0.25, -0.2) is 22.9 Å². The van der Waals surface area contributed by atoms with Gasteiger partial charge in [0.1, 0.15) is 0 Å². The van der Waals surface area contributed by atoms with Gasteiger partial charge in [-0.15, -0.1) is 0 Å². The number of carbonyl (C=O) groups is 1. The summed E-state index contributed by atoms with van der Waals surface area (Å²) in [6.45, 7) is 4.63. The third-order valence-corrected chi connectivity index (χ3v) is 5.88. The smallest absolute Gasteiger partial charge is 0.357 e. The zero-order chi connectivity index (χ0) is 18.6. The molecule has 0 unspecified atom stereocenters. The first-order valence-electron chi connectivity index (χ1n) is 8.42. The van der Waals surface area contributed by atoms with Gasteiger partial charge >= 0.3 is 5.97 Å². The Labute approximate surface area is 152 Å². The van der Waals surface area contributed by atoms with Gasteiger partial charge in [0.25, 0.3) is 0 Å². The van der Waals surface area contributed by atoms with E-state index in [4.69, 9.17) is 4.74 Å². The van der Waals surface area contributed by atoms with Crippen molar-refractivity contribution in [3.05, 3.63) is 36.2 Å². The van der Waals surface area contributed by atoms with Crippen LogP contribution in [0.3, 0.4) is 0 Å². The summed E-state index contributed by atoms with van der Waals surface area (Å²) in [5.41, 5.74) is 0.0999. The third kappa shape index (κ3) is 4.01. The molecule has 0 bridgehead atoms. The van der Waals surface area contributed by atoms with Gasteiger partial charge in [-0.2, -0.15) is 0 Å². The molecule has 1 fully saturated rings. The first-order valence-corrected chi connectivity index (χ1v) is 9.90. The van der Waals surface area contributed by atoms with Gasteiger partial charge in [0.2, 0.25) is 10.0 Å². The van der Waals surface area contributed by atoms with Gasteiger partial charge in [0, 0.05) is 56.2 Å². The van der Waals surface area contributed by atoms with Crippen LogP contribution in [-0.4, -0.2) is 70.6 Å². The van der Waals surface area contributed by atoms with Crippen LogP contribution in [0.25, 0.3) is 10.8 Å². The number of hydrogen-bond acceptors (Lipinski definition) is 7. The largest absolute Gasteiger partial charge is 0.464 e. The molecule has 2 aromatic rings. The number of fused-ring (bicyclic) bond motifs is 1. The number of aromatic nitrogens is 1. The standard InChI is InChI=1S/C17H22N4O4S/c1-25-17(22)16-14-3-2-4-15(13(14)5-6-19-16)26(23,24)20-9-12-21-10-7-18-8-11-21/h2-6,18,20H,7-12H2,1H3. The van der Waals surface area contributed by atoms with E-state index in [1.165, 1.54) is 19.4 Å². The van der Waals surface area contributed by atoms with Gasteiger partial charge in [0.15, 0.2) is 5.69 Å². The molecule has 9 heteroatoms. The van der Waals surface area contributed by atoms with Gasteiger partial charge in [0.05, 0.1) is 12.0 Å². The quantitative estimate of drug-likeness (QED) is 0.693. The molecule has 26 heavy (non-hydrogen) atoms. The Morgan fingerprint density at radius 3 is 2.77 bits per heavy atom. The summed E-state index contributed by atoms with van der Waals surface area (Å²) in [6.07, 6.45) is 1.41. The molecule has 0 radical (unpaired) electrons. The van der Waals surface area contributed by atoms with Crippen molar-refractivity contribution in [1.82, 2.24) is 19.9 Å². The van der Waals surface area contributed by atoms with E-state index in [1.807, 2.05) is 0 Å². The van der Waals surface area contributed by atoms with Gasteiger partial charge < -0.3 is 10.1 Å². The van der Waals surface area contributed by atoms with Gasteiger partial charge in [-0.3, -0.25) is 4.90 Å². The van der Waals surface area contributed by atoms with Crippen LogP contribution < -0.4 is 10.0 Å². The number of sulfonamides is 1.